The smallest absolute Gasteiger partial charge is 0.299 e. The number of nitrogens with one attached hydrogen (secondary N) is 2. The van der Waals surface area contributed by atoms with Crippen molar-refractivity contribution in [1.29, 1.82) is 0 Å². The molecule has 0 saturated heterocycles. The molecule has 0 amide bonds. The average Bonchev–Trinajstić information content (AvgIpc) is 3.16. The van der Waals surface area contributed by atoms with E-state index in [0.29, 0.717) is 16.8 Å². The molecule has 0 radical (unpaired) electrons. The number of nitrogens with zero attached hydrogens (tertiary/aromatic N) is 2. The lowest BCUT2D eigenvalue weighted by Crippen LogP contribution is -1.89. The molecule has 0 fully saturated rings. The maximum atomic E-state index is 5.89. The number of fused-ring (bicyclic) bond motifs is 1. The lowest BCUT2D eigenvalue weighted by molar-refractivity contribution is 0.592. The topological polar surface area (TPSA) is 66.7 Å². The number of aromatic nitrogens is 3. The van der Waals surface area contributed by atoms with E-state index in [4.69, 9.17) is 16.0 Å². The molecular weight excluding hydrogens is 380 g/mol. The van der Waals surface area contributed by atoms with Crippen molar-refractivity contribution < 1.29 is 4.42 Å². The Labute approximate surface area is 144 Å². The van der Waals surface area contributed by atoms with Gasteiger partial charge in [-0.3, -0.25) is 5.10 Å². The minimum absolute atomic E-state index is 0.425. The summed E-state index contributed by atoms with van der Waals surface area (Å²) in [6.07, 6.45) is 1.68. The van der Waals surface area contributed by atoms with Crippen molar-refractivity contribution in [1.82, 2.24) is 15.2 Å². The third-order valence-electron chi connectivity index (χ3n) is 3.40. The predicted octanol–water partition coefficient (Wildman–Crippen LogP) is 5.38. The third kappa shape index (κ3) is 2.83. The van der Waals surface area contributed by atoms with Crippen molar-refractivity contribution in [2.24, 2.45) is 0 Å². The van der Waals surface area contributed by atoms with E-state index < -0.39 is 0 Å². The van der Waals surface area contributed by atoms with Gasteiger partial charge in [0.15, 0.2) is 5.76 Å². The van der Waals surface area contributed by atoms with E-state index in [0.717, 1.165) is 26.8 Å². The Morgan fingerprint density at radius 3 is 2.78 bits per heavy atom. The van der Waals surface area contributed by atoms with Gasteiger partial charge in [-0.25, -0.2) is 4.98 Å². The number of halogens is 2. The van der Waals surface area contributed by atoms with Crippen molar-refractivity contribution in [2.45, 2.75) is 0 Å². The summed E-state index contributed by atoms with van der Waals surface area (Å²) in [6, 6.07) is 13.7. The zero-order valence-corrected chi connectivity index (χ0v) is 14.0. The predicted molar refractivity (Wildman–Crippen MR) is 94.0 cm³/mol. The van der Waals surface area contributed by atoms with Crippen molar-refractivity contribution in [3.63, 3.8) is 0 Å². The Bertz CT molecular complexity index is 977. The van der Waals surface area contributed by atoms with E-state index in [1.54, 1.807) is 6.20 Å². The molecule has 0 unspecified atom stereocenters. The first-order chi connectivity index (χ1) is 11.2. The van der Waals surface area contributed by atoms with Gasteiger partial charge in [0.2, 0.25) is 0 Å². The van der Waals surface area contributed by atoms with Crippen molar-refractivity contribution in [2.75, 3.05) is 5.32 Å². The van der Waals surface area contributed by atoms with Gasteiger partial charge in [0.05, 0.1) is 11.7 Å². The van der Waals surface area contributed by atoms with E-state index in [1.807, 2.05) is 42.5 Å². The molecule has 2 N–H and O–H groups in total. The first-order valence-corrected chi connectivity index (χ1v) is 7.98. The molecule has 0 aliphatic carbocycles. The second-order valence-corrected chi connectivity index (χ2v) is 6.12. The molecule has 0 aliphatic rings. The summed E-state index contributed by atoms with van der Waals surface area (Å²) in [5.74, 6) is 0.676. The highest BCUT2D eigenvalue weighted by Gasteiger charge is 2.08. The number of anilines is 2. The summed E-state index contributed by atoms with van der Waals surface area (Å²) in [4.78, 5) is 4.25. The van der Waals surface area contributed by atoms with E-state index in [1.165, 1.54) is 0 Å². The molecule has 0 spiro atoms. The summed E-state index contributed by atoms with van der Waals surface area (Å²) >= 11 is 9.30. The molecule has 2 aromatic carbocycles. The van der Waals surface area contributed by atoms with Crippen LogP contribution in [0.15, 0.2) is 57.7 Å². The molecule has 23 heavy (non-hydrogen) atoms. The second kappa shape index (κ2) is 5.72. The van der Waals surface area contributed by atoms with Crippen LogP contribution in [0.1, 0.15) is 0 Å². The van der Waals surface area contributed by atoms with Crippen LogP contribution in [-0.2, 0) is 0 Å². The van der Waals surface area contributed by atoms with Crippen LogP contribution in [0.4, 0.5) is 11.7 Å². The van der Waals surface area contributed by atoms with Gasteiger partial charge >= 0.3 is 0 Å². The van der Waals surface area contributed by atoms with Gasteiger partial charge in [0.1, 0.15) is 4.60 Å². The number of oxazole rings is 1. The summed E-state index contributed by atoms with van der Waals surface area (Å²) < 4.78 is 6.51. The fraction of sp³-hybridized carbons (Fsp3) is 0. The minimum Gasteiger partial charge on any atom is -0.423 e. The van der Waals surface area contributed by atoms with Crippen LogP contribution in [0.3, 0.4) is 0 Å². The summed E-state index contributed by atoms with van der Waals surface area (Å²) in [5, 5.41) is 11.9. The Morgan fingerprint density at radius 2 is 1.96 bits per heavy atom. The monoisotopic (exact) mass is 388 g/mol. The highest BCUT2D eigenvalue weighted by Crippen LogP contribution is 2.28. The molecule has 7 heteroatoms. The molecule has 0 aliphatic heterocycles. The number of hydrogen-bond acceptors (Lipinski definition) is 4. The molecule has 2 heterocycles. The maximum absolute atomic E-state index is 5.89. The Hall–Kier alpha value is -2.31. The summed E-state index contributed by atoms with van der Waals surface area (Å²) in [5.41, 5.74) is 2.74. The SMILES string of the molecule is Clc1ccc(-c2cnc(Nc3ccc4[nH]nc(Br)c4c3)o2)cc1. The molecule has 5 nitrogen and oxygen atoms in total. The molecule has 114 valence electrons. The summed E-state index contributed by atoms with van der Waals surface area (Å²) in [7, 11) is 0. The van der Waals surface area contributed by atoms with E-state index in [2.05, 4.69) is 36.4 Å². The van der Waals surface area contributed by atoms with Gasteiger partial charge in [0, 0.05) is 21.7 Å². The molecule has 0 atom stereocenters. The molecule has 4 aromatic rings. The number of rotatable bonds is 3. The lowest BCUT2D eigenvalue weighted by atomic mass is 10.2. The average molecular weight is 390 g/mol. The Kier molecular flexibility index (Phi) is 3.55. The van der Waals surface area contributed by atoms with E-state index >= 15 is 0 Å². The zero-order chi connectivity index (χ0) is 15.8. The fourth-order valence-electron chi connectivity index (χ4n) is 2.26. The minimum atomic E-state index is 0.425. The Balaban J connectivity index is 1.61. The first-order valence-electron chi connectivity index (χ1n) is 6.81. The van der Waals surface area contributed by atoms with Crippen LogP contribution in [0.2, 0.25) is 5.02 Å². The van der Waals surface area contributed by atoms with E-state index in [9.17, 15) is 0 Å². The quantitative estimate of drug-likeness (QED) is 0.494. The van der Waals surface area contributed by atoms with Crippen molar-refractivity contribution >= 4 is 50.1 Å². The van der Waals surface area contributed by atoms with Crippen LogP contribution in [0.25, 0.3) is 22.2 Å². The third-order valence-corrected chi connectivity index (χ3v) is 4.26. The van der Waals surface area contributed by atoms with Crippen LogP contribution < -0.4 is 5.32 Å². The van der Waals surface area contributed by atoms with Crippen LogP contribution in [0, 0.1) is 0 Å². The van der Waals surface area contributed by atoms with Gasteiger partial charge in [-0.15, -0.1) is 0 Å². The second-order valence-electron chi connectivity index (χ2n) is 4.94. The number of hydrogen-bond donors (Lipinski definition) is 2. The standard InChI is InChI=1S/C16H10BrClN4O/c17-15-12-7-11(5-6-13(12)21-22-15)20-16-19-8-14(23-16)9-1-3-10(18)4-2-9/h1-8H,(H,19,20)(H,21,22). The molecule has 4 rings (SSSR count). The first kappa shape index (κ1) is 14.3. The maximum Gasteiger partial charge on any atom is 0.299 e. The largest absolute Gasteiger partial charge is 0.423 e. The fourth-order valence-corrected chi connectivity index (χ4v) is 2.81. The van der Waals surface area contributed by atoms with Gasteiger partial charge in [-0.2, -0.15) is 5.10 Å². The van der Waals surface area contributed by atoms with E-state index in [-0.39, 0.29) is 0 Å². The highest BCUT2D eigenvalue weighted by molar-refractivity contribution is 9.10. The van der Waals surface area contributed by atoms with Crippen LogP contribution >= 0.6 is 27.5 Å². The zero-order valence-electron chi connectivity index (χ0n) is 11.7. The molecule has 0 bridgehead atoms. The molecular formula is C16H10BrClN4O. The highest BCUT2D eigenvalue weighted by atomic mass is 79.9. The number of H-pyrrole nitrogens is 1. The van der Waals surface area contributed by atoms with Crippen molar-refractivity contribution in [3.8, 4) is 11.3 Å². The molecule has 2 aromatic heterocycles. The Morgan fingerprint density at radius 1 is 1.13 bits per heavy atom. The van der Waals surface area contributed by atoms with Gasteiger partial charge in [-0.1, -0.05) is 11.6 Å². The van der Waals surface area contributed by atoms with Crippen LogP contribution in [0.5, 0.6) is 0 Å². The number of aromatic amines is 1. The van der Waals surface area contributed by atoms with Gasteiger partial charge in [0.25, 0.3) is 6.01 Å². The normalized spacial score (nSPS) is 11.0. The summed E-state index contributed by atoms with van der Waals surface area (Å²) in [6.45, 7) is 0. The van der Waals surface area contributed by atoms with Crippen LogP contribution in [-0.4, -0.2) is 15.2 Å². The molecule has 0 saturated carbocycles. The lowest BCUT2D eigenvalue weighted by Gasteiger charge is -2.02. The van der Waals surface area contributed by atoms with Crippen molar-refractivity contribution in [3.05, 3.63) is 58.3 Å². The number of benzene rings is 2. The van der Waals surface area contributed by atoms with Gasteiger partial charge in [-0.05, 0) is 58.4 Å². The van der Waals surface area contributed by atoms with Gasteiger partial charge < -0.3 is 9.73 Å².